The Balaban J connectivity index is 0.000000191. The largest absolute Gasteiger partial charge is 0.322 e. The van der Waals surface area contributed by atoms with E-state index in [-0.39, 0.29) is 5.91 Å². The summed E-state index contributed by atoms with van der Waals surface area (Å²) in [6.45, 7) is 7.89. The first-order valence-corrected chi connectivity index (χ1v) is 12.5. The molecule has 0 saturated carbocycles. The Kier molecular flexibility index (Phi) is 8.03. The van der Waals surface area contributed by atoms with Gasteiger partial charge in [-0.25, -0.2) is 8.42 Å². The van der Waals surface area contributed by atoms with Crippen LogP contribution >= 0.6 is 0 Å². The molecule has 0 unspecified atom stereocenters. The Labute approximate surface area is 202 Å². The minimum Gasteiger partial charge on any atom is -0.322 e. The molecule has 1 amide bonds. The molecule has 0 heterocycles. The number of aryl methyl sites for hydroxylation is 4. The van der Waals surface area contributed by atoms with E-state index in [1.54, 1.807) is 48.5 Å². The minimum absolute atomic E-state index is 0.0751. The number of amides is 1. The molecule has 0 saturated heterocycles. The zero-order chi connectivity index (χ0) is 24.7. The molecule has 0 aliphatic rings. The third kappa shape index (κ3) is 6.65. The highest BCUT2D eigenvalue weighted by Gasteiger charge is 2.16. The van der Waals surface area contributed by atoms with Crippen molar-refractivity contribution in [1.29, 1.82) is 0 Å². The molecular weight excluding hydrogens is 442 g/mol. The second-order valence-electron chi connectivity index (χ2n) is 8.32. The third-order valence-corrected chi connectivity index (χ3v) is 7.07. The Morgan fingerprint density at radius 2 is 0.853 bits per heavy atom. The van der Waals surface area contributed by atoms with Crippen LogP contribution in [0.15, 0.2) is 107 Å². The molecule has 5 heteroatoms. The molecule has 0 atom stereocenters. The van der Waals surface area contributed by atoms with Gasteiger partial charge in [-0.15, -0.1) is 0 Å². The molecule has 1 N–H and O–H groups in total. The minimum atomic E-state index is -3.37. The topological polar surface area (TPSA) is 63.2 Å². The number of hydrogen-bond acceptors (Lipinski definition) is 3. The standard InChI is InChI=1S/C15H15NO.C14H14O2S/c1-11-3-7-13(8-4-11)15(17)16-14-9-5-12(2)6-10-14;1-11-3-7-13(8-4-11)17(15,16)14-9-5-12(2)6-10-14/h3-10H,1-2H3,(H,16,17);3-10H,1-2H3. The second-order valence-corrected chi connectivity index (χ2v) is 10.3. The van der Waals surface area contributed by atoms with Crippen molar-refractivity contribution in [3.8, 4) is 0 Å². The molecule has 4 aromatic rings. The summed E-state index contributed by atoms with van der Waals surface area (Å²) in [5.41, 5.74) is 5.92. The van der Waals surface area contributed by atoms with Crippen molar-refractivity contribution < 1.29 is 13.2 Å². The number of hydrogen-bond donors (Lipinski definition) is 1. The lowest BCUT2D eigenvalue weighted by atomic mass is 10.1. The van der Waals surface area contributed by atoms with Gasteiger partial charge in [0, 0.05) is 11.3 Å². The first kappa shape index (κ1) is 24.9. The summed E-state index contributed by atoms with van der Waals surface area (Å²) < 4.78 is 24.5. The van der Waals surface area contributed by atoms with Gasteiger partial charge in [0.15, 0.2) is 0 Å². The molecule has 4 nitrogen and oxygen atoms in total. The summed E-state index contributed by atoms with van der Waals surface area (Å²) in [6.07, 6.45) is 0. The number of nitrogens with one attached hydrogen (secondary N) is 1. The monoisotopic (exact) mass is 471 g/mol. The highest BCUT2D eigenvalue weighted by atomic mass is 32.2. The first-order chi connectivity index (χ1) is 16.1. The van der Waals surface area contributed by atoms with Crippen molar-refractivity contribution in [2.24, 2.45) is 0 Å². The maximum atomic E-state index is 12.3. The molecule has 0 bridgehead atoms. The zero-order valence-corrected chi connectivity index (χ0v) is 20.7. The van der Waals surface area contributed by atoms with Gasteiger partial charge in [-0.1, -0.05) is 70.8 Å². The van der Waals surface area contributed by atoms with Crippen LogP contribution < -0.4 is 5.32 Å². The van der Waals surface area contributed by atoms with Gasteiger partial charge in [-0.2, -0.15) is 0 Å². The number of carbonyl (C=O) groups excluding carboxylic acids is 1. The quantitative estimate of drug-likeness (QED) is 0.361. The van der Waals surface area contributed by atoms with E-state index >= 15 is 0 Å². The fraction of sp³-hybridized carbons (Fsp3) is 0.138. The number of benzene rings is 4. The lowest BCUT2D eigenvalue weighted by Crippen LogP contribution is -2.11. The van der Waals surface area contributed by atoms with Crippen LogP contribution in [0.2, 0.25) is 0 Å². The average Bonchev–Trinajstić information content (AvgIpc) is 2.82. The molecule has 0 radical (unpaired) electrons. The molecule has 4 aromatic carbocycles. The van der Waals surface area contributed by atoms with Crippen molar-refractivity contribution in [1.82, 2.24) is 0 Å². The maximum Gasteiger partial charge on any atom is 0.255 e. The lowest BCUT2D eigenvalue weighted by Gasteiger charge is -2.05. The predicted molar refractivity (Wildman–Crippen MR) is 138 cm³/mol. The lowest BCUT2D eigenvalue weighted by molar-refractivity contribution is 0.102. The summed E-state index contributed by atoms with van der Waals surface area (Å²) in [7, 11) is -3.37. The smallest absolute Gasteiger partial charge is 0.255 e. The van der Waals surface area contributed by atoms with E-state index in [0.29, 0.717) is 15.4 Å². The van der Waals surface area contributed by atoms with E-state index in [1.165, 1.54) is 5.56 Å². The molecule has 0 spiro atoms. The maximum absolute atomic E-state index is 12.3. The molecule has 174 valence electrons. The van der Waals surface area contributed by atoms with Crippen LogP contribution in [-0.2, 0) is 9.84 Å². The molecule has 4 rings (SSSR count). The number of anilines is 1. The number of rotatable bonds is 4. The van der Waals surface area contributed by atoms with Gasteiger partial charge in [0.25, 0.3) is 5.91 Å². The van der Waals surface area contributed by atoms with Gasteiger partial charge in [-0.05, 0) is 76.2 Å². The summed E-state index contributed by atoms with van der Waals surface area (Å²) in [5.74, 6) is -0.0751. The molecule has 34 heavy (non-hydrogen) atoms. The normalized spacial score (nSPS) is 10.7. The van der Waals surface area contributed by atoms with Gasteiger partial charge in [0.2, 0.25) is 9.84 Å². The van der Waals surface area contributed by atoms with Gasteiger partial charge in [0.05, 0.1) is 9.79 Å². The van der Waals surface area contributed by atoms with Crippen LogP contribution in [0.5, 0.6) is 0 Å². The van der Waals surface area contributed by atoms with Gasteiger partial charge >= 0.3 is 0 Å². The van der Waals surface area contributed by atoms with Crippen LogP contribution in [0.25, 0.3) is 0 Å². The molecule has 0 fully saturated rings. The first-order valence-electron chi connectivity index (χ1n) is 11.0. The molecule has 0 aliphatic carbocycles. The highest BCUT2D eigenvalue weighted by molar-refractivity contribution is 7.91. The second kappa shape index (κ2) is 10.9. The van der Waals surface area contributed by atoms with E-state index in [9.17, 15) is 13.2 Å². The van der Waals surface area contributed by atoms with Crippen LogP contribution in [0.3, 0.4) is 0 Å². The van der Waals surface area contributed by atoms with Crippen molar-refractivity contribution >= 4 is 21.4 Å². The number of carbonyl (C=O) groups is 1. The molecule has 0 aromatic heterocycles. The van der Waals surface area contributed by atoms with Crippen LogP contribution in [0.1, 0.15) is 32.6 Å². The van der Waals surface area contributed by atoms with Crippen molar-refractivity contribution in [2.45, 2.75) is 37.5 Å². The SMILES string of the molecule is Cc1ccc(NC(=O)c2ccc(C)cc2)cc1.Cc1ccc(S(=O)(=O)c2ccc(C)cc2)cc1. The molecule has 0 aliphatic heterocycles. The van der Waals surface area contributed by atoms with Crippen molar-refractivity contribution in [3.63, 3.8) is 0 Å². The average molecular weight is 472 g/mol. The predicted octanol–water partition coefficient (Wildman–Crippen LogP) is 6.69. The fourth-order valence-corrected chi connectivity index (χ4v) is 4.38. The Morgan fingerprint density at radius 1 is 0.529 bits per heavy atom. The van der Waals surface area contributed by atoms with Gasteiger partial charge in [-0.3, -0.25) is 4.79 Å². The van der Waals surface area contributed by atoms with Crippen LogP contribution in [-0.4, -0.2) is 14.3 Å². The Morgan fingerprint density at radius 3 is 1.24 bits per heavy atom. The van der Waals surface area contributed by atoms with Crippen LogP contribution in [0, 0.1) is 27.7 Å². The van der Waals surface area contributed by atoms with E-state index in [1.807, 2.05) is 76.2 Å². The summed E-state index contributed by atoms with van der Waals surface area (Å²) in [5, 5.41) is 2.87. The number of sulfone groups is 1. The zero-order valence-electron chi connectivity index (χ0n) is 19.9. The summed E-state index contributed by atoms with van der Waals surface area (Å²) >= 11 is 0. The summed E-state index contributed by atoms with van der Waals surface area (Å²) in [4.78, 5) is 12.6. The highest BCUT2D eigenvalue weighted by Crippen LogP contribution is 2.21. The summed E-state index contributed by atoms with van der Waals surface area (Å²) in [6, 6.07) is 29.1. The molecular formula is C29H29NO3S. The van der Waals surface area contributed by atoms with E-state index in [2.05, 4.69) is 5.32 Å². The van der Waals surface area contributed by atoms with E-state index in [4.69, 9.17) is 0 Å². The van der Waals surface area contributed by atoms with E-state index in [0.717, 1.165) is 22.4 Å². The third-order valence-electron chi connectivity index (χ3n) is 5.29. The van der Waals surface area contributed by atoms with E-state index < -0.39 is 9.84 Å². The van der Waals surface area contributed by atoms with Crippen LogP contribution in [0.4, 0.5) is 5.69 Å². The fourth-order valence-electron chi connectivity index (χ4n) is 3.12. The van der Waals surface area contributed by atoms with Crippen molar-refractivity contribution in [2.75, 3.05) is 5.32 Å². The van der Waals surface area contributed by atoms with Gasteiger partial charge < -0.3 is 5.32 Å². The Hall–Kier alpha value is -3.70. The Bertz CT molecular complexity index is 1290. The van der Waals surface area contributed by atoms with Gasteiger partial charge in [0.1, 0.15) is 0 Å². The van der Waals surface area contributed by atoms with Crippen molar-refractivity contribution in [3.05, 3.63) is 125 Å².